The lowest BCUT2D eigenvalue weighted by molar-refractivity contribution is 0.602. The summed E-state index contributed by atoms with van der Waals surface area (Å²) in [4.78, 5) is 8.50. The maximum Gasteiger partial charge on any atom is 0.265 e. The van der Waals surface area contributed by atoms with E-state index < -0.39 is 10.0 Å². The van der Waals surface area contributed by atoms with Gasteiger partial charge in [0.05, 0.1) is 5.52 Å². The molecule has 2 aromatic heterocycles. The first kappa shape index (κ1) is 14.9. The standard InChI is InChI=1S/C14H14N4O2S2/c1-9(2)13-16-14(21-17-13)18-22(19,20)11-7-3-5-10-6-4-8-15-12(10)11/h3-9H,1-2H3,(H,16,17,18). The molecule has 6 nitrogen and oxygen atoms in total. The normalized spacial score (nSPS) is 12.0. The van der Waals surface area contributed by atoms with Crippen molar-refractivity contribution in [3.05, 3.63) is 42.4 Å². The first-order valence-corrected chi connectivity index (χ1v) is 8.93. The van der Waals surface area contributed by atoms with Crippen LogP contribution in [0.25, 0.3) is 10.9 Å². The van der Waals surface area contributed by atoms with Crippen molar-refractivity contribution in [3.63, 3.8) is 0 Å². The summed E-state index contributed by atoms with van der Waals surface area (Å²) >= 11 is 1.03. The summed E-state index contributed by atoms with van der Waals surface area (Å²) in [5.41, 5.74) is 0.436. The minimum absolute atomic E-state index is 0.131. The van der Waals surface area contributed by atoms with Crippen molar-refractivity contribution in [1.29, 1.82) is 0 Å². The molecular formula is C14H14N4O2S2. The van der Waals surface area contributed by atoms with Crippen LogP contribution in [-0.2, 0) is 10.0 Å². The third-order valence-corrected chi connectivity index (χ3v) is 5.21. The Morgan fingerprint density at radius 1 is 1.18 bits per heavy atom. The van der Waals surface area contributed by atoms with Crippen molar-refractivity contribution < 1.29 is 8.42 Å². The monoisotopic (exact) mass is 334 g/mol. The van der Waals surface area contributed by atoms with Gasteiger partial charge in [0, 0.05) is 29.0 Å². The zero-order valence-electron chi connectivity index (χ0n) is 12.0. The summed E-state index contributed by atoms with van der Waals surface area (Å²) in [5.74, 6) is 0.771. The fourth-order valence-corrected chi connectivity index (χ4v) is 4.09. The largest absolute Gasteiger partial charge is 0.265 e. The number of nitrogens with zero attached hydrogens (tertiary/aromatic N) is 3. The van der Waals surface area contributed by atoms with Gasteiger partial charge in [-0.1, -0.05) is 32.0 Å². The topological polar surface area (TPSA) is 84.8 Å². The summed E-state index contributed by atoms with van der Waals surface area (Å²) in [6, 6.07) is 8.64. The second kappa shape index (κ2) is 5.62. The first-order valence-electron chi connectivity index (χ1n) is 6.67. The summed E-state index contributed by atoms with van der Waals surface area (Å²) in [5, 5.41) is 1.03. The molecule has 0 aliphatic heterocycles. The minimum Gasteiger partial charge on any atom is -0.255 e. The lowest BCUT2D eigenvalue weighted by atomic mass is 10.2. The fourth-order valence-electron chi connectivity index (χ4n) is 1.97. The van der Waals surface area contributed by atoms with Crippen molar-refractivity contribution in [2.75, 3.05) is 4.72 Å². The Hall–Kier alpha value is -2.06. The lowest BCUT2D eigenvalue weighted by Crippen LogP contribution is -2.13. The van der Waals surface area contributed by atoms with Crippen LogP contribution >= 0.6 is 11.5 Å². The van der Waals surface area contributed by atoms with Crippen molar-refractivity contribution in [2.45, 2.75) is 24.7 Å². The highest BCUT2D eigenvalue weighted by Gasteiger charge is 2.20. The van der Waals surface area contributed by atoms with E-state index in [9.17, 15) is 8.42 Å². The van der Waals surface area contributed by atoms with E-state index in [1.165, 1.54) is 6.07 Å². The molecule has 3 rings (SSSR count). The highest BCUT2D eigenvalue weighted by atomic mass is 32.2. The predicted molar refractivity (Wildman–Crippen MR) is 86.5 cm³/mol. The Balaban J connectivity index is 2.01. The van der Waals surface area contributed by atoms with Gasteiger partial charge in [-0.2, -0.15) is 4.37 Å². The van der Waals surface area contributed by atoms with Crippen LogP contribution < -0.4 is 4.72 Å². The number of anilines is 1. The van der Waals surface area contributed by atoms with Crippen molar-refractivity contribution in [2.24, 2.45) is 0 Å². The first-order chi connectivity index (χ1) is 10.5. The molecule has 2 heterocycles. The zero-order chi connectivity index (χ0) is 15.7. The van der Waals surface area contributed by atoms with Gasteiger partial charge in [-0.3, -0.25) is 9.71 Å². The summed E-state index contributed by atoms with van der Waals surface area (Å²) in [7, 11) is -3.76. The Morgan fingerprint density at radius 3 is 2.68 bits per heavy atom. The Morgan fingerprint density at radius 2 is 1.95 bits per heavy atom. The second-order valence-electron chi connectivity index (χ2n) is 5.05. The molecule has 0 amide bonds. The number of aromatic nitrogens is 3. The van der Waals surface area contributed by atoms with Gasteiger partial charge in [0.25, 0.3) is 10.0 Å². The SMILES string of the molecule is CC(C)c1nsc(NS(=O)(=O)c2cccc3cccnc23)n1. The van der Waals surface area contributed by atoms with E-state index in [1.807, 2.05) is 26.0 Å². The van der Waals surface area contributed by atoms with Gasteiger partial charge in [0.1, 0.15) is 10.7 Å². The van der Waals surface area contributed by atoms with Crippen LogP contribution in [0.2, 0.25) is 0 Å². The van der Waals surface area contributed by atoms with Crippen LogP contribution in [0, 0.1) is 0 Å². The second-order valence-corrected chi connectivity index (χ2v) is 7.45. The number of hydrogen-bond donors (Lipinski definition) is 1. The number of benzene rings is 1. The van der Waals surface area contributed by atoms with Crippen LogP contribution in [0.1, 0.15) is 25.6 Å². The molecule has 0 spiro atoms. The van der Waals surface area contributed by atoms with Gasteiger partial charge in [0.15, 0.2) is 0 Å². The molecule has 22 heavy (non-hydrogen) atoms. The maximum atomic E-state index is 12.6. The van der Waals surface area contributed by atoms with Crippen molar-refractivity contribution in [1.82, 2.24) is 14.3 Å². The average Bonchev–Trinajstić information content (AvgIpc) is 2.94. The van der Waals surface area contributed by atoms with E-state index in [2.05, 4.69) is 19.1 Å². The quantitative estimate of drug-likeness (QED) is 0.793. The number of fused-ring (bicyclic) bond motifs is 1. The highest BCUT2D eigenvalue weighted by molar-refractivity contribution is 7.93. The van der Waals surface area contributed by atoms with E-state index in [4.69, 9.17) is 0 Å². The molecule has 0 saturated heterocycles. The van der Waals surface area contributed by atoms with Crippen LogP contribution in [-0.4, -0.2) is 22.8 Å². The molecule has 1 aromatic carbocycles. The third kappa shape index (κ3) is 2.79. The average molecular weight is 334 g/mol. The molecule has 0 radical (unpaired) electrons. The Labute approximate surface area is 132 Å². The summed E-state index contributed by atoms with van der Waals surface area (Å²) in [6.45, 7) is 3.91. The molecule has 0 fully saturated rings. The maximum absolute atomic E-state index is 12.6. The molecule has 0 unspecified atom stereocenters. The molecule has 0 atom stereocenters. The molecule has 0 saturated carbocycles. The zero-order valence-corrected chi connectivity index (χ0v) is 13.6. The van der Waals surface area contributed by atoms with E-state index in [1.54, 1.807) is 18.3 Å². The number of para-hydroxylation sites is 1. The molecular weight excluding hydrogens is 320 g/mol. The van der Waals surface area contributed by atoms with E-state index in [0.717, 1.165) is 16.9 Å². The van der Waals surface area contributed by atoms with Crippen molar-refractivity contribution >= 4 is 37.6 Å². The molecule has 0 aliphatic carbocycles. The van der Waals surface area contributed by atoms with E-state index >= 15 is 0 Å². The lowest BCUT2D eigenvalue weighted by Gasteiger charge is -2.07. The molecule has 114 valence electrons. The molecule has 0 aliphatic rings. The van der Waals surface area contributed by atoms with Crippen LogP contribution in [0.3, 0.4) is 0 Å². The summed E-state index contributed by atoms with van der Waals surface area (Å²) in [6.07, 6.45) is 1.57. The molecule has 8 heteroatoms. The van der Waals surface area contributed by atoms with Gasteiger partial charge in [-0.05, 0) is 12.1 Å². The minimum atomic E-state index is -3.76. The van der Waals surface area contributed by atoms with Crippen LogP contribution in [0.5, 0.6) is 0 Å². The van der Waals surface area contributed by atoms with Gasteiger partial charge in [-0.15, -0.1) is 0 Å². The van der Waals surface area contributed by atoms with Gasteiger partial charge >= 0.3 is 0 Å². The van der Waals surface area contributed by atoms with Gasteiger partial charge in [-0.25, -0.2) is 13.4 Å². The number of hydrogen-bond acceptors (Lipinski definition) is 6. The van der Waals surface area contributed by atoms with Gasteiger partial charge in [0.2, 0.25) is 5.13 Å². The van der Waals surface area contributed by atoms with Crippen LogP contribution in [0.15, 0.2) is 41.4 Å². The van der Waals surface area contributed by atoms with Crippen molar-refractivity contribution in [3.8, 4) is 0 Å². The number of nitrogens with one attached hydrogen (secondary N) is 1. The Kier molecular flexibility index (Phi) is 3.79. The summed E-state index contributed by atoms with van der Waals surface area (Å²) < 4.78 is 31.8. The Bertz CT molecular complexity index is 914. The third-order valence-electron chi connectivity index (χ3n) is 3.07. The number of pyridine rings is 1. The fraction of sp³-hybridized carbons (Fsp3) is 0.214. The molecule has 1 N–H and O–H groups in total. The number of rotatable bonds is 4. The van der Waals surface area contributed by atoms with Crippen LogP contribution in [0.4, 0.5) is 5.13 Å². The molecule has 3 aromatic rings. The molecule has 0 bridgehead atoms. The van der Waals surface area contributed by atoms with E-state index in [-0.39, 0.29) is 15.9 Å². The highest BCUT2D eigenvalue weighted by Crippen LogP contribution is 2.24. The van der Waals surface area contributed by atoms with Gasteiger partial charge < -0.3 is 0 Å². The van der Waals surface area contributed by atoms with E-state index in [0.29, 0.717) is 11.3 Å². The predicted octanol–water partition coefficient (Wildman–Crippen LogP) is 3.01. The smallest absolute Gasteiger partial charge is 0.255 e. The number of sulfonamides is 1.